The zero-order valence-electron chi connectivity index (χ0n) is 6.74. The van der Waals surface area contributed by atoms with E-state index in [4.69, 9.17) is 11.6 Å². The molecule has 2 aromatic heterocycles. The van der Waals surface area contributed by atoms with Crippen LogP contribution in [0.15, 0.2) is 6.33 Å². The standard InChI is InChI=1S/C6H4ClN4.Li/c1-11-3-10-4-5(7)8-2-9-6(4)11;/h3H,1H3;/q-1;+1. The van der Waals surface area contributed by atoms with E-state index in [2.05, 4.69) is 21.3 Å². The molecule has 2 rings (SSSR count). The molecule has 0 aliphatic heterocycles. The topological polar surface area (TPSA) is 43.6 Å². The van der Waals surface area contributed by atoms with Crippen LogP contribution in [0, 0.1) is 6.33 Å². The molecule has 12 heavy (non-hydrogen) atoms. The Labute approximate surface area is 86.2 Å². The maximum absolute atomic E-state index is 5.71. The molecule has 0 amide bonds. The van der Waals surface area contributed by atoms with Crippen molar-refractivity contribution in [2.45, 2.75) is 0 Å². The molecule has 0 aliphatic rings. The fraction of sp³-hybridized carbons (Fsp3) is 0.167. The van der Waals surface area contributed by atoms with Gasteiger partial charge in [0.1, 0.15) is 0 Å². The first kappa shape index (κ1) is 9.52. The van der Waals surface area contributed by atoms with E-state index in [1.165, 1.54) is 0 Å². The summed E-state index contributed by atoms with van der Waals surface area (Å²) in [6, 6.07) is 0. The van der Waals surface area contributed by atoms with Gasteiger partial charge in [0.25, 0.3) is 0 Å². The van der Waals surface area contributed by atoms with Gasteiger partial charge in [-0.15, -0.1) is 11.6 Å². The fourth-order valence-corrected chi connectivity index (χ4v) is 1.04. The summed E-state index contributed by atoms with van der Waals surface area (Å²) in [5, 5.41) is 0.343. The second-order valence-electron chi connectivity index (χ2n) is 2.14. The van der Waals surface area contributed by atoms with Crippen LogP contribution in [-0.2, 0) is 7.05 Å². The van der Waals surface area contributed by atoms with Gasteiger partial charge in [0.15, 0.2) is 0 Å². The molecule has 0 N–H and O–H groups in total. The number of hydrogen-bond donors (Lipinski definition) is 0. The van der Waals surface area contributed by atoms with Crippen LogP contribution in [0.1, 0.15) is 0 Å². The molecule has 2 heterocycles. The third-order valence-electron chi connectivity index (χ3n) is 1.41. The Morgan fingerprint density at radius 1 is 1.50 bits per heavy atom. The maximum Gasteiger partial charge on any atom is 1.00 e. The quantitative estimate of drug-likeness (QED) is 0.259. The van der Waals surface area contributed by atoms with Crippen LogP contribution < -0.4 is 18.9 Å². The molecule has 0 saturated carbocycles. The van der Waals surface area contributed by atoms with Gasteiger partial charge in [-0.2, -0.15) is 0 Å². The third kappa shape index (κ3) is 1.33. The summed E-state index contributed by atoms with van der Waals surface area (Å²) in [6.45, 7) is 0. The molecule has 0 radical (unpaired) electrons. The van der Waals surface area contributed by atoms with Crippen LogP contribution in [-0.4, -0.2) is 19.5 Å². The van der Waals surface area contributed by atoms with Crippen LogP contribution in [0.2, 0.25) is 5.15 Å². The average molecular weight is 175 g/mol. The Kier molecular flexibility index (Phi) is 2.73. The van der Waals surface area contributed by atoms with E-state index in [0.29, 0.717) is 16.3 Å². The van der Waals surface area contributed by atoms with Crippen molar-refractivity contribution in [3.05, 3.63) is 17.8 Å². The van der Waals surface area contributed by atoms with Crippen molar-refractivity contribution in [2.24, 2.45) is 7.05 Å². The maximum atomic E-state index is 5.71. The van der Waals surface area contributed by atoms with Crippen LogP contribution in [0.25, 0.3) is 11.2 Å². The van der Waals surface area contributed by atoms with Crippen LogP contribution >= 0.6 is 11.6 Å². The van der Waals surface area contributed by atoms with E-state index in [-0.39, 0.29) is 18.9 Å². The fourth-order valence-electron chi connectivity index (χ4n) is 0.870. The van der Waals surface area contributed by atoms with Gasteiger partial charge < -0.3 is 14.5 Å². The Balaban J connectivity index is 0.000000720. The summed E-state index contributed by atoms with van der Waals surface area (Å²) < 4.78 is 1.76. The van der Waals surface area contributed by atoms with Gasteiger partial charge in [-0.25, -0.2) is 0 Å². The summed E-state index contributed by atoms with van der Waals surface area (Å²) in [6.07, 6.45) is 4.08. The molecule has 0 saturated heterocycles. The normalized spacial score (nSPS) is 9.83. The number of imidazole rings is 1. The summed E-state index contributed by atoms with van der Waals surface area (Å²) in [4.78, 5) is 11.6. The van der Waals surface area contributed by atoms with Crippen molar-refractivity contribution in [1.82, 2.24) is 19.5 Å². The molecule has 0 fully saturated rings. The minimum Gasteiger partial charge on any atom is -0.372 e. The van der Waals surface area contributed by atoms with E-state index in [1.807, 2.05) is 7.05 Å². The van der Waals surface area contributed by atoms with E-state index in [1.54, 1.807) is 10.9 Å². The molecule has 4 nitrogen and oxygen atoms in total. The number of aromatic nitrogens is 4. The van der Waals surface area contributed by atoms with E-state index >= 15 is 0 Å². The number of hydrogen-bond acceptors (Lipinski definition) is 3. The largest absolute Gasteiger partial charge is 1.00 e. The van der Waals surface area contributed by atoms with Crippen LogP contribution in [0.4, 0.5) is 0 Å². The molecule has 56 valence electrons. The number of halogens is 1. The smallest absolute Gasteiger partial charge is 0.372 e. The summed E-state index contributed by atoms with van der Waals surface area (Å²) in [5.41, 5.74) is 1.32. The monoisotopic (exact) mass is 174 g/mol. The van der Waals surface area contributed by atoms with Gasteiger partial charge in [0, 0.05) is 29.7 Å². The molecule has 0 atom stereocenters. The first-order chi connectivity index (χ1) is 5.29. The molecule has 0 spiro atoms. The first-order valence-corrected chi connectivity index (χ1v) is 3.37. The Morgan fingerprint density at radius 3 is 2.92 bits per heavy atom. The second kappa shape index (κ2) is 3.44. The predicted molar refractivity (Wildman–Crippen MR) is 40.2 cm³/mol. The van der Waals surface area contributed by atoms with E-state index < -0.39 is 0 Å². The Bertz CT molecular complexity index is 399. The van der Waals surface area contributed by atoms with E-state index in [0.717, 1.165) is 0 Å². The van der Waals surface area contributed by atoms with Gasteiger partial charge in [-0.1, -0.05) is 0 Å². The molecule has 0 aliphatic carbocycles. The first-order valence-electron chi connectivity index (χ1n) is 2.99. The average Bonchev–Trinajstić information content (AvgIpc) is 2.35. The van der Waals surface area contributed by atoms with Gasteiger partial charge in [-0.05, 0) is 0 Å². The molecule has 2 aromatic rings. The second-order valence-corrected chi connectivity index (χ2v) is 2.50. The van der Waals surface area contributed by atoms with Gasteiger partial charge in [-0.3, -0.25) is 4.98 Å². The SMILES string of the molecule is Cn1cnc2c(Cl)n[c-]nc21.[Li+]. The van der Waals surface area contributed by atoms with Crippen molar-refractivity contribution in [3.63, 3.8) is 0 Å². The minimum absolute atomic E-state index is 0. The van der Waals surface area contributed by atoms with Crippen molar-refractivity contribution in [2.75, 3.05) is 0 Å². The van der Waals surface area contributed by atoms with Gasteiger partial charge in [0.05, 0.1) is 6.33 Å². The zero-order valence-corrected chi connectivity index (χ0v) is 7.50. The third-order valence-corrected chi connectivity index (χ3v) is 1.67. The van der Waals surface area contributed by atoms with Crippen molar-refractivity contribution in [3.8, 4) is 0 Å². The van der Waals surface area contributed by atoms with E-state index in [9.17, 15) is 0 Å². The van der Waals surface area contributed by atoms with Gasteiger partial charge in [0.2, 0.25) is 0 Å². The molecule has 6 heteroatoms. The van der Waals surface area contributed by atoms with Crippen LogP contribution in [0.5, 0.6) is 0 Å². The minimum atomic E-state index is 0. The molecule has 0 bridgehead atoms. The molecular formula is C6H4ClLiN4. The number of aryl methyl sites for hydroxylation is 1. The van der Waals surface area contributed by atoms with Crippen molar-refractivity contribution >= 4 is 22.8 Å². The Hall–Kier alpha value is -0.563. The van der Waals surface area contributed by atoms with Crippen LogP contribution in [0.3, 0.4) is 0 Å². The number of nitrogens with zero attached hydrogens (tertiary/aromatic N) is 4. The summed E-state index contributed by atoms with van der Waals surface area (Å²) >= 11 is 5.71. The summed E-state index contributed by atoms with van der Waals surface area (Å²) in [5.74, 6) is 0. The zero-order chi connectivity index (χ0) is 7.84. The molecular weight excluding hydrogens is 170 g/mol. The number of rotatable bonds is 0. The number of fused-ring (bicyclic) bond motifs is 1. The van der Waals surface area contributed by atoms with Gasteiger partial charge >= 0.3 is 18.9 Å². The summed E-state index contributed by atoms with van der Waals surface area (Å²) in [7, 11) is 1.84. The van der Waals surface area contributed by atoms with Crippen molar-refractivity contribution < 1.29 is 18.9 Å². The Morgan fingerprint density at radius 2 is 2.25 bits per heavy atom. The molecule has 0 unspecified atom stereocenters. The van der Waals surface area contributed by atoms with Crippen molar-refractivity contribution in [1.29, 1.82) is 0 Å². The molecule has 0 aromatic carbocycles. The predicted octanol–water partition coefficient (Wildman–Crippen LogP) is -2.18.